The van der Waals surface area contributed by atoms with E-state index in [-0.39, 0.29) is 28.8 Å². The van der Waals surface area contributed by atoms with Crippen molar-refractivity contribution < 1.29 is 14.6 Å². The van der Waals surface area contributed by atoms with E-state index < -0.39 is 5.92 Å². The lowest BCUT2D eigenvalue weighted by Gasteiger charge is -2.17. The van der Waals surface area contributed by atoms with Gasteiger partial charge in [0.25, 0.3) is 5.91 Å². The van der Waals surface area contributed by atoms with Crippen LogP contribution in [0, 0.1) is 17.2 Å². The molecule has 0 bridgehead atoms. The topological polar surface area (TPSA) is 95.0 Å². The van der Waals surface area contributed by atoms with E-state index in [1.807, 2.05) is 6.07 Å². The van der Waals surface area contributed by atoms with Crippen molar-refractivity contribution in [3.63, 3.8) is 0 Å². The van der Waals surface area contributed by atoms with Crippen LogP contribution in [-0.4, -0.2) is 29.7 Å². The van der Waals surface area contributed by atoms with Crippen molar-refractivity contribution >= 4 is 39.5 Å². The quantitative estimate of drug-likeness (QED) is 0.792. The van der Waals surface area contributed by atoms with E-state index in [1.165, 1.54) is 13.2 Å². The van der Waals surface area contributed by atoms with Gasteiger partial charge in [0, 0.05) is 0 Å². The second-order valence-electron chi connectivity index (χ2n) is 5.26. The number of phenols is 1. The second-order valence-corrected chi connectivity index (χ2v) is 6.11. The van der Waals surface area contributed by atoms with Crippen molar-refractivity contribution in [1.29, 1.82) is 5.26 Å². The summed E-state index contributed by atoms with van der Waals surface area (Å²) in [4.78, 5) is 20.4. The summed E-state index contributed by atoms with van der Waals surface area (Å²) in [5.74, 6) is -0.554. The average molecular weight is 398 g/mol. The van der Waals surface area contributed by atoms with Crippen LogP contribution in [0.4, 0.5) is 0 Å². The van der Waals surface area contributed by atoms with Gasteiger partial charge in [-0.05, 0) is 45.8 Å². The largest absolute Gasteiger partial charge is 0.503 e. The summed E-state index contributed by atoms with van der Waals surface area (Å²) in [6, 6.07) is 5.21. The first kappa shape index (κ1) is 16.9. The highest BCUT2D eigenvalue weighted by Gasteiger charge is 2.27. The molecule has 0 aromatic heterocycles. The first-order valence-corrected chi connectivity index (χ1v) is 8.07. The van der Waals surface area contributed by atoms with Crippen LogP contribution in [0.3, 0.4) is 0 Å². The monoisotopic (exact) mass is 397 g/mol. The maximum Gasteiger partial charge on any atom is 0.260 e. The number of carbonyl (C=O) groups excluding carboxylic acids is 1. The van der Waals surface area contributed by atoms with Gasteiger partial charge in [0.15, 0.2) is 17.3 Å². The Labute approximate surface area is 152 Å². The number of amidine groups is 1. The van der Waals surface area contributed by atoms with Gasteiger partial charge in [0.05, 0.1) is 22.9 Å². The van der Waals surface area contributed by atoms with E-state index in [4.69, 9.17) is 4.74 Å². The first-order valence-electron chi connectivity index (χ1n) is 7.28. The predicted octanol–water partition coefficient (Wildman–Crippen LogP) is 3.19. The Hall–Kier alpha value is -2.98. The zero-order valence-electron chi connectivity index (χ0n) is 13.1. The molecule has 6 nitrogen and oxygen atoms in total. The summed E-state index contributed by atoms with van der Waals surface area (Å²) in [7, 11) is 1.43. The number of nitriles is 1. The Kier molecular flexibility index (Phi) is 4.63. The van der Waals surface area contributed by atoms with Crippen molar-refractivity contribution in [2.45, 2.75) is 0 Å². The molecule has 3 rings (SSSR count). The maximum absolute atomic E-state index is 12.2. The standard InChI is InChI=1S/C18H12BrN3O3/c1-25-15-8-10(7-13(19)16(15)23)6-11(9-20)17-21-14-5-3-2-4-12(14)18(24)22-17/h2-8,12,23H,1H3/b11-6-. The summed E-state index contributed by atoms with van der Waals surface area (Å²) >= 11 is 3.23. The highest BCUT2D eigenvalue weighted by Crippen LogP contribution is 2.36. The highest BCUT2D eigenvalue weighted by molar-refractivity contribution is 9.10. The molecule has 7 heteroatoms. The molecule has 25 heavy (non-hydrogen) atoms. The number of hydrogen-bond acceptors (Lipinski definition) is 5. The molecule has 2 aliphatic rings. The van der Waals surface area contributed by atoms with E-state index in [1.54, 1.807) is 36.4 Å². The van der Waals surface area contributed by atoms with Crippen molar-refractivity contribution in [2.24, 2.45) is 15.9 Å². The number of aliphatic imine (C=N–C) groups is 2. The number of ether oxygens (including phenoxy) is 1. The number of phenolic OH excluding ortho intramolecular Hbond substituents is 1. The fourth-order valence-corrected chi connectivity index (χ4v) is 2.89. The van der Waals surface area contributed by atoms with Gasteiger partial charge in [0.1, 0.15) is 12.0 Å². The van der Waals surface area contributed by atoms with E-state index >= 15 is 0 Å². The van der Waals surface area contributed by atoms with E-state index in [2.05, 4.69) is 25.9 Å². The van der Waals surface area contributed by atoms with Crippen LogP contribution >= 0.6 is 15.9 Å². The van der Waals surface area contributed by atoms with Gasteiger partial charge in [-0.15, -0.1) is 0 Å². The molecule has 0 fully saturated rings. The van der Waals surface area contributed by atoms with Crippen LogP contribution < -0.4 is 4.74 Å². The Morgan fingerprint density at radius 2 is 2.20 bits per heavy atom. The fourth-order valence-electron chi connectivity index (χ4n) is 2.44. The van der Waals surface area contributed by atoms with Crippen LogP contribution in [0.5, 0.6) is 11.5 Å². The lowest BCUT2D eigenvalue weighted by Crippen LogP contribution is -2.27. The number of hydrogen-bond donors (Lipinski definition) is 1. The van der Waals surface area contributed by atoms with Crippen LogP contribution in [0.1, 0.15) is 5.56 Å². The van der Waals surface area contributed by atoms with Gasteiger partial charge in [0.2, 0.25) is 0 Å². The molecule has 1 amide bonds. The Morgan fingerprint density at radius 3 is 2.92 bits per heavy atom. The smallest absolute Gasteiger partial charge is 0.260 e. The second kappa shape index (κ2) is 6.87. The number of amides is 1. The fraction of sp³-hybridized carbons (Fsp3) is 0.111. The number of benzene rings is 1. The minimum Gasteiger partial charge on any atom is -0.503 e. The number of fused-ring (bicyclic) bond motifs is 1. The highest BCUT2D eigenvalue weighted by atomic mass is 79.9. The molecule has 1 aliphatic heterocycles. The van der Waals surface area contributed by atoms with E-state index in [0.717, 1.165) is 0 Å². The van der Waals surface area contributed by atoms with Crippen molar-refractivity contribution in [1.82, 2.24) is 0 Å². The summed E-state index contributed by atoms with van der Waals surface area (Å²) in [6.45, 7) is 0. The summed E-state index contributed by atoms with van der Waals surface area (Å²) in [6.07, 6.45) is 8.53. The molecule has 1 N–H and O–H groups in total. The number of aromatic hydroxyl groups is 1. The molecular weight excluding hydrogens is 386 g/mol. The Balaban J connectivity index is 2.03. The minimum absolute atomic E-state index is 0.0365. The molecule has 0 saturated heterocycles. The molecule has 1 heterocycles. The Morgan fingerprint density at radius 1 is 1.40 bits per heavy atom. The van der Waals surface area contributed by atoms with Crippen molar-refractivity contribution in [3.8, 4) is 17.6 Å². The summed E-state index contributed by atoms with van der Waals surface area (Å²) in [5, 5.41) is 19.3. The van der Waals surface area contributed by atoms with Crippen LogP contribution in [0.15, 0.2) is 56.5 Å². The third kappa shape index (κ3) is 3.30. The molecule has 1 unspecified atom stereocenters. The van der Waals surface area contributed by atoms with Gasteiger partial charge in [-0.2, -0.15) is 10.3 Å². The SMILES string of the molecule is COc1cc(/C=C(/C#N)C2=NC(=O)C3C=CC=CC3=N2)cc(Br)c1O. The number of carbonyl (C=O) groups is 1. The lowest BCUT2D eigenvalue weighted by molar-refractivity contribution is -0.118. The third-order valence-electron chi connectivity index (χ3n) is 3.66. The van der Waals surface area contributed by atoms with Gasteiger partial charge in [-0.25, -0.2) is 4.99 Å². The lowest BCUT2D eigenvalue weighted by atomic mass is 9.96. The third-order valence-corrected chi connectivity index (χ3v) is 4.26. The molecular formula is C18H12BrN3O3. The number of methoxy groups -OCH3 is 1. The number of allylic oxidation sites excluding steroid dienone is 3. The molecule has 0 saturated carbocycles. The van der Waals surface area contributed by atoms with Crippen LogP contribution in [0.25, 0.3) is 6.08 Å². The zero-order chi connectivity index (χ0) is 18.0. The number of rotatable bonds is 3. The van der Waals surface area contributed by atoms with E-state index in [0.29, 0.717) is 15.7 Å². The molecule has 1 aliphatic carbocycles. The van der Waals surface area contributed by atoms with Gasteiger partial charge >= 0.3 is 0 Å². The maximum atomic E-state index is 12.2. The van der Waals surface area contributed by atoms with Gasteiger partial charge < -0.3 is 9.84 Å². The minimum atomic E-state index is -0.489. The number of halogens is 1. The average Bonchev–Trinajstić information content (AvgIpc) is 2.62. The van der Waals surface area contributed by atoms with Gasteiger partial charge in [-0.1, -0.05) is 18.2 Å². The summed E-state index contributed by atoms with van der Waals surface area (Å²) < 4.78 is 5.51. The predicted molar refractivity (Wildman–Crippen MR) is 97.6 cm³/mol. The van der Waals surface area contributed by atoms with Gasteiger partial charge in [-0.3, -0.25) is 4.79 Å². The van der Waals surface area contributed by atoms with Crippen molar-refractivity contribution in [3.05, 3.63) is 52.0 Å². The number of nitrogens with zero attached hydrogens (tertiary/aromatic N) is 3. The normalized spacial score (nSPS) is 19.0. The summed E-state index contributed by atoms with van der Waals surface area (Å²) in [5.41, 5.74) is 1.29. The molecule has 124 valence electrons. The van der Waals surface area contributed by atoms with Crippen LogP contribution in [-0.2, 0) is 4.79 Å². The van der Waals surface area contributed by atoms with E-state index in [9.17, 15) is 15.2 Å². The van der Waals surface area contributed by atoms with Crippen molar-refractivity contribution in [2.75, 3.05) is 7.11 Å². The Bertz CT molecular complexity index is 949. The molecule has 0 spiro atoms. The van der Waals surface area contributed by atoms with Crippen LogP contribution in [0.2, 0.25) is 0 Å². The molecule has 1 atom stereocenters. The molecule has 1 aromatic carbocycles. The zero-order valence-corrected chi connectivity index (χ0v) is 14.7. The first-order chi connectivity index (χ1) is 12.0. The molecule has 1 aromatic rings. The molecule has 0 radical (unpaired) electrons.